The molecule has 17 heavy (non-hydrogen) atoms. The number of aryl methyl sites for hydroxylation is 1. The number of para-hydroxylation sites is 1. The lowest BCUT2D eigenvalue weighted by Crippen LogP contribution is -2.12. The van der Waals surface area contributed by atoms with Crippen molar-refractivity contribution in [1.29, 1.82) is 0 Å². The number of anilines is 1. The molecular weight excluding hydrogens is 214 g/mol. The highest BCUT2D eigenvalue weighted by Crippen LogP contribution is 2.37. The van der Waals surface area contributed by atoms with Crippen LogP contribution in [0, 0.1) is 0 Å². The molecular formula is C14H13NO2. The third-order valence-electron chi connectivity index (χ3n) is 3.11. The smallest absolute Gasteiger partial charge is 0.239 e. The van der Waals surface area contributed by atoms with Gasteiger partial charge in [0, 0.05) is 12.1 Å². The van der Waals surface area contributed by atoms with E-state index < -0.39 is 0 Å². The summed E-state index contributed by atoms with van der Waals surface area (Å²) in [5.74, 6) is 1.33. The normalized spacial score (nSPS) is 17.9. The summed E-state index contributed by atoms with van der Waals surface area (Å²) < 4.78 is 5.68. The van der Waals surface area contributed by atoms with Crippen LogP contribution in [-0.2, 0) is 11.2 Å². The van der Waals surface area contributed by atoms with Crippen molar-refractivity contribution < 1.29 is 9.21 Å². The standard InChI is InChI=1S/C14H13NO2/c1-2-9-7-8-12(17-9)13-10-5-3-4-6-11(10)15-14(13)16/h3-8,13H,2H2,1H3,(H,15,16). The van der Waals surface area contributed by atoms with Crippen LogP contribution in [0.5, 0.6) is 0 Å². The van der Waals surface area contributed by atoms with E-state index in [2.05, 4.69) is 5.32 Å². The predicted octanol–water partition coefficient (Wildman–Crippen LogP) is 2.93. The predicted molar refractivity (Wildman–Crippen MR) is 65.0 cm³/mol. The van der Waals surface area contributed by atoms with Crippen molar-refractivity contribution in [2.45, 2.75) is 19.3 Å². The Balaban J connectivity index is 2.06. The van der Waals surface area contributed by atoms with Crippen LogP contribution in [0.25, 0.3) is 0 Å². The number of amides is 1. The molecule has 0 radical (unpaired) electrons. The summed E-state index contributed by atoms with van der Waals surface area (Å²) in [5.41, 5.74) is 1.88. The number of hydrogen-bond acceptors (Lipinski definition) is 2. The average Bonchev–Trinajstić information content (AvgIpc) is 2.91. The highest BCUT2D eigenvalue weighted by molar-refractivity contribution is 6.04. The minimum Gasteiger partial charge on any atom is -0.465 e. The maximum absolute atomic E-state index is 12.0. The summed E-state index contributed by atoms with van der Waals surface area (Å²) in [4.78, 5) is 12.0. The van der Waals surface area contributed by atoms with Gasteiger partial charge in [-0.3, -0.25) is 4.79 Å². The molecule has 1 atom stereocenters. The topological polar surface area (TPSA) is 42.2 Å². The third kappa shape index (κ3) is 1.55. The maximum Gasteiger partial charge on any atom is 0.239 e. The molecule has 3 heteroatoms. The first-order chi connectivity index (χ1) is 8.29. The summed E-state index contributed by atoms with van der Waals surface area (Å²) in [7, 11) is 0. The Morgan fingerprint density at radius 2 is 2.06 bits per heavy atom. The van der Waals surface area contributed by atoms with Crippen molar-refractivity contribution in [3.8, 4) is 0 Å². The van der Waals surface area contributed by atoms with Crippen molar-refractivity contribution >= 4 is 11.6 Å². The number of fused-ring (bicyclic) bond motifs is 1. The molecule has 3 nitrogen and oxygen atoms in total. The first kappa shape index (κ1) is 10.1. The van der Waals surface area contributed by atoms with E-state index in [0.717, 1.165) is 29.2 Å². The van der Waals surface area contributed by atoms with Gasteiger partial charge < -0.3 is 9.73 Å². The van der Waals surface area contributed by atoms with Crippen LogP contribution >= 0.6 is 0 Å². The largest absolute Gasteiger partial charge is 0.465 e. The van der Waals surface area contributed by atoms with E-state index in [1.807, 2.05) is 43.3 Å². The Hall–Kier alpha value is -2.03. The van der Waals surface area contributed by atoms with Gasteiger partial charge in [-0.05, 0) is 23.8 Å². The molecule has 0 spiro atoms. The van der Waals surface area contributed by atoms with Gasteiger partial charge in [-0.25, -0.2) is 0 Å². The second-order valence-corrected chi connectivity index (χ2v) is 4.17. The zero-order valence-corrected chi connectivity index (χ0v) is 9.57. The van der Waals surface area contributed by atoms with Crippen molar-refractivity contribution in [3.05, 3.63) is 53.5 Å². The van der Waals surface area contributed by atoms with Gasteiger partial charge in [-0.1, -0.05) is 25.1 Å². The van der Waals surface area contributed by atoms with Crippen molar-refractivity contribution in [3.63, 3.8) is 0 Å². The molecule has 1 aromatic heterocycles. The molecule has 1 aliphatic heterocycles. The maximum atomic E-state index is 12.0. The van der Waals surface area contributed by atoms with Crippen LogP contribution in [0.3, 0.4) is 0 Å². The second kappa shape index (κ2) is 3.77. The van der Waals surface area contributed by atoms with Crippen LogP contribution < -0.4 is 5.32 Å². The molecule has 1 aromatic carbocycles. The molecule has 1 unspecified atom stereocenters. The Labute approximate surface area is 99.4 Å². The lowest BCUT2D eigenvalue weighted by molar-refractivity contribution is -0.116. The Morgan fingerprint density at radius 3 is 2.82 bits per heavy atom. The molecule has 86 valence electrons. The number of carbonyl (C=O) groups is 1. The van der Waals surface area contributed by atoms with Gasteiger partial charge in [0.1, 0.15) is 17.4 Å². The van der Waals surface area contributed by atoms with Crippen LogP contribution in [-0.4, -0.2) is 5.91 Å². The van der Waals surface area contributed by atoms with Crippen molar-refractivity contribution in [2.75, 3.05) is 5.32 Å². The molecule has 1 N–H and O–H groups in total. The van der Waals surface area contributed by atoms with Crippen molar-refractivity contribution in [2.24, 2.45) is 0 Å². The fourth-order valence-electron chi connectivity index (χ4n) is 2.23. The van der Waals surface area contributed by atoms with Gasteiger partial charge in [0.2, 0.25) is 5.91 Å². The molecule has 0 aliphatic carbocycles. The van der Waals surface area contributed by atoms with Gasteiger partial charge in [-0.2, -0.15) is 0 Å². The number of carbonyl (C=O) groups excluding carboxylic acids is 1. The zero-order chi connectivity index (χ0) is 11.8. The van der Waals surface area contributed by atoms with Crippen LogP contribution in [0.2, 0.25) is 0 Å². The van der Waals surface area contributed by atoms with E-state index in [4.69, 9.17) is 4.42 Å². The van der Waals surface area contributed by atoms with E-state index >= 15 is 0 Å². The fraction of sp³-hybridized carbons (Fsp3) is 0.214. The highest BCUT2D eigenvalue weighted by Gasteiger charge is 2.33. The van der Waals surface area contributed by atoms with E-state index in [-0.39, 0.29) is 11.8 Å². The molecule has 0 fully saturated rings. The van der Waals surface area contributed by atoms with E-state index in [1.165, 1.54) is 0 Å². The van der Waals surface area contributed by atoms with Gasteiger partial charge in [0.15, 0.2) is 0 Å². The van der Waals surface area contributed by atoms with Crippen LogP contribution in [0.1, 0.15) is 29.9 Å². The number of nitrogens with one attached hydrogen (secondary N) is 1. The Kier molecular flexibility index (Phi) is 2.25. The van der Waals surface area contributed by atoms with E-state index in [1.54, 1.807) is 0 Å². The highest BCUT2D eigenvalue weighted by atomic mass is 16.3. The monoisotopic (exact) mass is 227 g/mol. The first-order valence-corrected chi connectivity index (χ1v) is 5.78. The average molecular weight is 227 g/mol. The van der Waals surface area contributed by atoms with Crippen LogP contribution in [0.15, 0.2) is 40.8 Å². The quantitative estimate of drug-likeness (QED) is 0.857. The van der Waals surface area contributed by atoms with Gasteiger partial charge in [0.05, 0.1) is 0 Å². The number of hydrogen-bond donors (Lipinski definition) is 1. The summed E-state index contributed by atoms with van der Waals surface area (Å²) >= 11 is 0. The van der Waals surface area contributed by atoms with Crippen molar-refractivity contribution in [1.82, 2.24) is 0 Å². The summed E-state index contributed by atoms with van der Waals surface area (Å²) in [6.45, 7) is 2.03. The van der Waals surface area contributed by atoms with Gasteiger partial charge >= 0.3 is 0 Å². The lowest BCUT2D eigenvalue weighted by Gasteiger charge is -2.04. The van der Waals surface area contributed by atoms with Gasteiger partial charge in [0.25, 0.3) is 0 Å². The summed E-state index contributed by atoms with van der Waals surface area (Å²) in [6.07, 6.45) is 0.843. The zero-order valence-electron chi connectivity index (χ0n) is 9.57. The Morgan fingerprint density at radius 1 is 1.24 bits per heavy atom. The summed E-state index contributed by atoms with van der Waals surface area (Å²) in [5, 5.41) is 2.87. The molecule has 3 rings (SSSR count). The van der Waals surface area contributed by atoms with E-state index in [0.29, 0.717) is 0 Å². The lowest BCUT2D eigenvalue weighted by atomic mass is 9.98. The molecule has 2 aromatic rings. The number of rotatable bonds is 2. The molecule has 2 heterocycles. The minimum absolute atomic E-state index is 0.0109. The fourth-order valence-corrected chi connectivity index (χ4v) is 2.23. The molecule has 0 saturated heterocycles. The Bertz CT molecular complexity index is 571. The number of benzene rings is 1. The van der Waals surface area contributed by atoms with E-state index in [9.17, 15) is 4.79 Å². The minimum atomic E-state index is -0.300. The number of furan rings is 1. The molecule has 0 bridgehead atoms. The van der Waals surface area contributed by atoms with Crippen LogP contribution in [0.4, 0.5) is 5.69 Å². The van der Waals surface area contributed by atoms with Gasteiger partial charge in [-0.15, -0.1) is 0 Å². The first-order valence-electron chi connectivity index (χ1n) is 5.78. The third-order valence-corrected chi connectivity index (χ3v) is 3.11. The molecule has 1 amide bonds. The SMILES string of the molecule is CCc1ccc(C2C(=O)Nc3ccccc32)o1. The molecule has 0 saturated carbocycles. The second-order valence-electron chi connectivity index (χ2n) is 4.17. The molecule has 1 aliphatic rings. The summed E-state index contributed by atoms with van der Waals surface area (Å²) in [6, 6.07) is 11.6.